The quantitative estimate of drug-likeness (QED) is 0.851. The molecule has 0 fully saturated rings. The number of nitrogens with one attached hydrogen (secondary N) is 1. The molecule has 1 rings (SSSR count). The second-order valence-corrected chi connectivity index (χ2v) is 4.50. The second kappa shape index (κ2) is 6.87. The average Bonchev–Trinajstić information content (AvgIpc) is 2.26. The van der Waals surface area contributed by atoms with Crippen molar-refractivity contribution in [2.75, 3.05) is 20.3 Å². The number of nitriles is 1. The van der Waals surface area contributed by atoms with Crippen molar-refractivity contribution < 1.29 is 4.74 Å². The van der Waals surface area contributed by atoms with Gasteiger partial charge in [-0.2, -0.15) is 5.26 Å². The molecule has 0 radical (unpaired) electrons. The summed E-state index contributed by atoms with van der Waals surface area (Å²) in [6, 6.07) is 7.24. The van der Waals surface area contributed by atoms with Gasteiger partial charge in [-0.25, -0.2) is 0 Å². The van der Waals surface area contributed by atoms with Gasteiger partial charge < -0.3 is 4.74 Å². The topological polar surface area (TPSA) is 45.0 Å². The molecule has 1 aromatic rings. The molecule has 1 N–H and O–H groups in total. The van der Waals surface area contributed by atoms with Crippen molar-refractivity contribution in [3.8, 4) is 6.07 Å². The molecule has 0 aromatic heterocycles. The fraction of sp³-hybridized carbons (Fsp3) is 0.364. The van der Waals surface area contributed by atoms with Crippen molar-refractivity contribution in [1.82, 2.24) is 5.32 Å². The van der Waals surface area contributed by atoms with E-state index in [0.717, 1.165) is 10.0 Å². The Morgan fingerprint density at radius 2 is 2.38 bits per heavy atom. The molecule has 0 spiro atoms. The zero-order valence-electron chi connectivity index (χ0n) is 8.84. The maximum atomic E-state index is 9.05. The first-order valence-corrected chi connectivity index (χ1v) is 5.93. The lowest BCUT2D eigenvalue weighted by molar-refractivity contribution is 0.198. The van der Waals surface area contributed by atoms with Gasteiger partial charge in [-0.05, 0) is 12.1 Å². The lowest BCUT2D eigenvalue weighted by Crippen LogP contribution is -2.24. The first-order chi connectivity index (χ1) is 7.69. The van der Waals surface area contributed by atoms with Crippen LogP contribution in [-0.2, 0) is 4.74 Å². The first kappa shape index (κ1) is 13.5. The van der Waals surface area contributed by atoms with Gasteiger partial charge in [0.1, 0.15) is 6.04 Å². The summed E-state index contributed by atoms with van der Waals surface area (Å²) in [5.41, 5.74) is 0.781. The van der Waals surface area contributed by atoms with E-state index in [4.69, 9.17) is 21.6 Å². The Kier molecular flexibility index (Phi) is 5.78. The van der Waals surface area contributed by atoms with Gasteiger partial charge in [-0.1, -0.05) is 33.6 Å². The smallest absolute Gasteiger partial charge is 0.122 e. The zero-order chi connectivity index (χ0) is 12.0. The molecule has 0 saturated heterocycles. The van der Waals surface area contributed by atoms with Crippen molar-refractivity contribution in [2.45, 2.75) is 6.04 Å². The maximum Gasteiger partial charge on any atom is 0.122 e. The number of rotatable bonds is 5. The summed E-state index contributed by atoms with van der Waals surface area (Å²) in [4.78, 5) is 0. The second-order valence-electron chi connectivity index (χ2n) is 3.17. The van der Waals surface area contributed by atoms with Crippen LogP contribution in [0, 0.1) is 11.3 Å². The van der Waals surface area contributed by atoms with Gasteiger partial charge in [-0.15, -0.1) is 0 Å². The Morgan fingerprint density at radius 3 is 2.94 bits per heavy atom. The minimum atomic E-state index is -0.407. The highest BCUT2D eigenvalue weighted by atomic mass is 79.9. The summed E-state index contributed by atoms with van der Waals surface area (Å²) >= 11 is 9.39. The average molecular weight is 304 g/mol. The number of halogens is 2. The predicted molar refractivity (Wildman–Crippen MR) is 67.4 cm³/mol. The molecule has 0 aliphatic carbocycles. The van der Waals surface area contributed by atoms with E-state index in [-0.39, 0.29) is 0 Å². The van der Waals surface area contributed by atoms with Crippen LogP contribution in [0.4, 0.5) is 0 Å². The number of nitrogens with zero attached hydrogens (tertiary/aromatic N) is 1. The molecule has 0 bridgehead atoms. The summed E-state index contributed by atoms with van der Waals surface area (Å²) in [5, 5.41) is 12.7. The zero-order valence-corrected chi connectivity index (χ0v) is 11.2. The molecule has 0 aliphatic heterocycles. The molecule has 1 unspecified atom stereocenters. The van der Waals surface area contributed by atoms with Crippen LogP contribution in [0.15, 0.2) is 22.7 Å². The maximum absolute atomic E-state index is 9.05. The van der Waals surface area contributed by atoms with E-state index in [9.17, 15) is 0 Å². The third-order valence-corrected chi connectivity index (χ3v) is 2.88. The van der Waals surface area contributed by atoms with Crippen LogP contribution >= 0.6 is 27.5 Å². The van der Waals surface area contributed by atoms with E-state index in [1.807, 2.05) is 12.1 Å². The Balaban J connectivity index is 2.76. The van der Waals surface area contributed by atoms with Gasteiger partial charge in [0.15, 0.2) is 0 Å². The van der Waals surface area contributed by atoms with Crippen molar-refractivity contribution in [3.63, 3.8) is 0 Å². The molecule has 0 heterocycles. The highest BCUT2D eigenvalue weighted by molar-refractivity contribution is 9.10. The Bertz CT molecular complexity index is 392. The van der Waals surface area contributed by atoms with Gasteiger partial charge in [0.25, 0.3) is 0 Å². The van der Waals surface area contributed by atoms with Gasteiger partial charge in [0.05, 0.1) is 12.7 Å². The van der Waals surface area contributed by atoms with Crippen molar-refractivity contribution >= 4 is 27.5 Å². The van der Waals surface area contributed by atoms with Crippen LogP contribution in [-0.4, -0.2) is 20.3 Å². The van der Waals surface area contributed by atoms with Crippen LogP contribution in [0.1, 0.15) is 11.6 Å². The normalized spacial score (nSPS) is 12.1. The number of ether oxygens (including phenoxy) is 1. The van der Waals surface area contributed by atoms with Crippen LogP contribution in [0.2, 0.25) is 5.02 Å². The third kappa shape index (κ3) is 3.76. The van der Waals surface area contributed by atoms with Gasteiger partial charge in [0, 0.05) is 28.7 Å². The lowest BCUT2D eigenvalue weighted by atomic mass is 10.1. The van der Waals surface area contributed by atoms with Gasteiger partial charge in [0.2, 0.25) is 0 Å². The molecular formula is C11H12BrClN2O. The summed E-state index contributed by atoms with van der Waals surface area (Å²) in [6.07, 6.45) is 0. The number of hydrogen-bond acceptors (Lipinski definition) is 3. The molecule has 1 atom stereocenters. The summed E-state index contributed by atoms with van der Waals surface area (Å²) in [7, 11) is 1.62. The van der Waals surface area contributed by atoms with E-state index in [1.165, 1.54) is 0 Å². The largest absolute Gasteiger partial charge is 0.383 e. The Morgan fingerprint density at radius 1 is 1.62 bits per heavy atom. The molecule has 0 aliphatic rings. The molecule has 1 aromatic carbocycles. The van der Waals surface area contributed by atoms with E-state index < -0.39 is 6.04 Å². The van der Waals surface area contributed by atoms with Crippen LogP contribution in [0.5, 0.6) is 0 Å². The van der Waals surface area contributed by atoms with E-state index in [0.29, 0.717) is 18.2 Å². The molecule has 16 heavy (non-hydrogen) atoms. The molecule has 0 amide bonds. The molecule has 0 saturated carbocycles. The predicted octanol–water partition coefficient (Wildman–Crippen LogP) is 2.90. The number of benzene rings is 1. The van der Waals surface area contributed by atoms with E-state index >= 15 is 0 Å². The standard InChI is InChI=1S/C11H12BrClN2O/c1-16-5-4-15-11(7-14)9-3-2-8(12)6-10(9)13/h2-3,6,11,15H,4-5H2,1H3. The monoisotopic (exact) mass is 302 g/mol. The highest BCUT2D eigenvalue weighted by Gasteiger charge is 2.13. The fourth-order valence-electron chi connectivity index (χ4n) is 1.27. The van der Waals surface area contributed by atoms with E-state index in [1.54, 1.807) is 13.2 Å². The molecule has 5 heteroatoms. The van der Waals surface area contributed by atoms with E-state index in [2.05, 4.69) is 27.3 Å². The van der Waals surface area contributed by atoms with Crippen molar-refractivity contribution in [2.24, 2.45) is 0 Å². The number of methoxy groups -OCH3 is 1. The minimum absolute atomic E-state index is 0.407. The van der Waals surface area contributed by atoms with Crippen molar-refractivity contribution in [3.05, 3.63) is 33.3 Å². The molecule has 3 nitrogen and oxygen atoms in total. The molecule has 86 valence electrons. The Labute approximate surface area is 108 Å². The fourth-order valence-corrected chi connectivity index (χ4v) is 2.05. The van der Waals surface area contributed by atoms with Gasteiger partial charge >= 0.3 is 0 Å². The van der Waals surface area contributed by atoms with Gasteiger partial charge in [-0.3, -0.25) is 5.32 Å². The van der Waals surface area contributed by atoms with Crippen molar-refractivity contribution in [1.29, 1.82) is 5.26 Å². The lowest BCUT2D eigenvalue weighted by Gasteiger charge is -2.13. The SMILES string of the molecule is COCCNC(C#N)c1ccc(Br)cc1Cl. The highest BCUT2D eigenvalue weighted by Crippen LogP contribution is 2.26. The van der Waals surface area contributed by atoms with Crippen LogP contribution in [0.3, 0.4) is 0 Å². The van der Waals surface area contributed by atoms with Crippen LogP contribution < -0.4 is 5.32 Å². The number of hydrogen-bond donors (Lipinski definition) is 1. The summed E-state index contributed by atoms with van der Waals surface area (Å²) in [6.45, 7) is 1.17. The summed E-state index contributed by atoms with van der Waals surface area (Å²) in [5.74, 6) is 0. The Hall–Kier alpha value is -0.600. The molecular weight excluding hydrogens is 291 g/mol. The minimum Gasteiger partial charge on any atom is -0.383 e. The first-order valence-electron chi connectivity index (χ1n) is 4.76. The van der Waals surface area contributed by atoms with Crippen LogP contribution in [0.25, 0.3) is 0 Å². The third-order valence-electron chi connectivity index (χ3n) is 2.06. The summed E-state index contributed by atoms with van der Waals surface area (Å²) < 4.78 is 5.81.